The Hall–Kier alpha value is -6.85. The van der Waals surface area contributed by atoms with Gasteiger partial charge >= 0.3 is 11.9 Å². The number of phenolic OH excluding ortho intramolecular Hbond substituents is 2. The number of thiazole rings is 1. The first-order valence-electron chi connectivity index (χ1n) is 21.5. The van der Waals surface area contributed by atoms with Crippen LogP contribution in [0.1, 0.15) is 74.0 Å². The van der Waals surface area contributed by atoms with Crippen LogP contribution in [-0.4, -0.2) is 94.0 Å². The zero-order chi connectivity index (χ0) is 46.6. The molecule has 2 fully saturated rings. The fourth-order valence-corrected chi connectivity index (χ4v) is 10.9. The molecule has 0 bridgehead atoms. The predicted molar refractivity (Wildman–Crippen MR) is 249 cm³/mol. The lowest BCUT2D eigenvalue weighted by Crippen LogP contribution is -2.79. The number of anilines is 1. The molecule has 1 saturated heterocycles. The number of carbonyl (C=O) groups excluding carboxylic acids is 3. The minimum atomic E-state index is -1.59. The summed E-state index contributed by atoms with van der Waals surface area (Å²) in [4.78, 5) is 69.3. The molecule has 1 saturated carbocycles. The van der Waals surface area contributed by atoms with Gasteiger partial charge in [0.1, 0.15) is 27.7 Å². The van der Waals surface area contributed by atoms with Crippen molar-refractivity contribution in [3.8, 4) is 11.5 Å². The van der Waals surface area contributed by atoms with Crippen molar-refractivity contribution in [2.75, 3.05) is 17.6 Å². The van der Waals surface area contributed by atoms with Crippen molar-refractivity contribution < 1.29 is 44.1 Å². The van der Waals surface area contributed by atoms with E-state index in [2.05, 4.69) is 15.8 Å². The monoisotopic (exact) mass is 928 g/mol. The molecule has 17 heteroatoms. The fraction of sp³-hybridized carbons (Fsp3) is 0.306. The van der Waals surface area contributed by atoms with Crippen molar-refractivity contribution in [1.29, 1.82) is 0 Å². The number of thioether (sulfide) groups is 1. The number of amides is 2. The Morgan fingerprint density at radius 1 is 0.879 bits per heavy atom. The highest BCUT2D eigenvalue weighted by atomic mass is 32.2. The van der Waals surface area contributed by atoms with Crippen molar-refractivity contribution in [3.63, 3.8) is 0 Å². The molecule has 0 spiro atoms. The van der Waals surface area contributed by atoms with Crippen molar-refractivity contribution in [2.24, 2.45) is 5.16 Å². The number of aliphatic carboxylic acids is 1. The van der Waals surface area contributed by atoms with E-state index in [-0.39, 0.29) is 40.9 Å². The molecule has 9 rings (SSSR count). The van der Waals surface area contributed by atoms with Crippen LogP contribution in [0.5, 0.6) is 11.5 Å². The third-order valence-corrected chi connectivity index (χ3v) is 14.4. The number of nitrogens with zero attached hydrogens (tertiary/aromatic N) is 4. The SMILES string of the molecule is CC(C)(C)OC(=O)C1(ON=C(C(=O)NC2(C)C(=O)N3C(C(=O)O)=C(N4CCc5cc(O)c(O)cc5C4)CS[C@H]32)c2csc(NC(c3ccccc3)(c3ccccc3)c3ccccc3)n2)CC1. The summed E-state index contributed by atoms with van der Waals surface area (Å²) in [7, 11) is 0. The molecular formula is C49H48N6O9S2. The van der Waals surface area contributed by atoms with Gasteiger partial charge in [-0.15, -0.1) is 23.1 Å². The highest BCUT2D eigenvalue weighted by Gasteiger charge is 2.63. The van der Waals surface area contributed by atoms with Crippen LogP contribution in [0.3, 0.4) is 0 Å². The number of hydrogen-bond donors (Lipinski definition) is 5. The fourth-order valence-electron chi connectivity index (χ4n) is 8.71. The predicted octanol–water partition coefficient (Wildman–Crippen LogP) is 6.70. The molecule has 340 valence electrons. The van der Waals surface area contributed by atoms with E-state index < -0.39 is 51.4 Å². The third kappa shape index (κ3) is 7.99. The summed E-state index contributed by atoms with van der Waals surface area (Å²) in [5.41, 5.74) is -0.392. The lowest BCUT2D eigenvalue weighted by Gasteiger charge is -2.56. The van der Waals surface area contributed by atoms with E-state index in [1.807, 2.05) is 95.9 Å². The van der Waals surface area contributed by atoms with E-state index in [4.69, 9.17) is 14.6 Å². The van der Waals surface area contributed by atoms with Crippen molar-refractivity contribution in [3.05, 3.63) is 153 Å². The molecule has 4 heterocycles. The maximum Gasteiger partial charge on any atom is 0.354 e. The second-order valence-corrected chi connectivity index (χ2v) is 19.8. The van der Waals surface area contributed by atoms with Gasteiger partial charge in [0.25, 0.3) is 11.8 Å². The summed E-state index contributed by atoms with van der Waals surface area (Å²) in [6, 6.07) is 32.8. The van der Waals surface area contributed by atoms with Crippen LogP contribution in [-0.2, 0) is 47.3 Å². The molecule has 2 atom stereocenters. The number of hydrogen-bond acceptors (Lipinski definition) is 14. The van der Waals surface area contributed by atoms with Crippen LogP contribution >= 0.6 is 23.1 Å². The maximum absolute atomic E-state index is 14.7. The number of nitrogens with one attached hydrogen (secondary N) is 2. The molecule has 3 aliphatic heterocycles. The van der Waals surface area contributed by atoms with Gasteiger partial charge in [0.05, 0.1) is 5.70 Å². The van der Waals surface area contributed by atoms with Crippen LogP contribution in [0.2, 0.25) is 0 Å². The number of carboxylic acids is 1. The Labute approximate surface area is 389 Å². The molecule has 5 N–H and O–H groups in total. The number of aromatic hydroxyl groups is 2. The van der Waals surface area contributed by atoms with Gasteiger partial charge < -0.3 is 40.4 Å². The number of phenols is 2. The number of ether oxygens (including phenoxy) is 1. The van der Waals surface area contributed by atoms with Crippen molar-refractivity contribution in [1.82, 2.24) is 20.1 Å². The number of benzene rings is 4. The molecule has 2 amide bonds. The minimum absolute atomic E-state index is 0.102. The average Bonchev–Trinajstić information content (AvgIpc) is 3.97. The molecule has 1 aliphatic carbocycles. The average molecular weight is 929 g/mol. The molecule has 4 aliphatic rings. The quantitative estimate of drug-likeness (QED) is 0.0209. The Kier molecular flexibility index (Phi) is 11.3. The summed E-state index contributed by atoms with van der Waals surface area (Å²) < 4.78 is 5.65. The Morgan fingerprint density at radius 3 is 2.00 bits per heavy atom. The Morgan fingerprint density at radius 2 is 1.45 bits per heavy atom. The third-order valence-electron chi connectivity index (χ3n) is 12.2. The molecule has 66 heavy (non-hydrogen) atoms. The van der Waals surface area contributed by atoms with Crippen molar-refractivity contribution >= 4 is 57.7 Å². The summed E-state index contributed by atoms with van der Waals surface area (Å²) >= 11 is 2.53. The highest BCUT2D eigenvalue weighted by Crippen LogP contribution is 2.48. The lowest BCUT2D eigenvalue weighted by molar-refractivity contribution is -0.172. The number of β-lactam (4-membered cyclic amide) rings is 1. The van der Waals surface area contributed by atoms with Crippen LogP contribution in [0, 0.1) is 0 Å². The van der Waals surface area contributed by atoms with Gasteiger partial charge in [-0.25, -0.2) is 14.6 Å². The first kappa shape index (κ1) is 44.4. The minimum Gasteiger partial charge on any atom is -0.504 e. The summed E-state index contributed by atoms with van der Waals surface area (Å²) in [5, 5.41) is 43.0. The van der Waals surface area contributed by atoms with Crippen LogP contribution in [0.4, 0.5) is 5.13 Å². The van der Waals surface area contributed by atoms with Gasteiger partial charge in [0.15, 0.2) is 28.0 Å². The van der Waals surface area contributed by atoms with E-state index in [1.54, 1.807) is 33.1 Å². The smallest absolute Gasteiger partial charge is 0.354 e. The highest BCUT2D eigenvalue weighted by molar-refractivity contribution is 8.00. The number of rotatable bonds is 13. The van der Waals surface area contributed by atoms with Crippen LogP contribution in [0.15, 0.2) is 125 Å². The topological polar surface area (TPSA) is 203 Å². The zero-order valence-electron chi connectivity index (χ0n) is 36.6. The van der Waals surface area contributed by atoms with E-state index >= 15 is 0 Å². The second kappa shape index (κ2) is 16.9. The normalized spacial score (nSPS) is 20.1. The van der Waals surface area contributed by atoms with Gasteiger partial charge in [-0.3, -0.25) is 14.5 Å². The van der Waals surface area contributed by atoms with Gasteiger partial charge in [-0.2, -0.15) is 0 Å². The van der Waals surface area contributed by atoms with Gasteiger partial charge in [0.2, 0.25) is 5.60 Å². The number of carboxylic acid groups (broad SMARTS) is 1. The summed E-state index contributed by atoms with van der Waals surface area (Å²) in [6.07, 6.45) is 1.09. The number of carbonyl (C=O) groups is 4. The number of fused-ring (bicyclic) bond motifs is 2. The van der Waals surface area contributed by atoms with Crippen LogP contribution in [0.25, 0.3) is 0 Å². The van der Waals surface area contributed by atoms with E-state index in [1.165, 1.54) is 40.1 Å². The van der Waals surface area contributed by atoms with Crippen LogP contribution < -0.4 is 10.6 Å². The second-order valence-electron chi connectivity index (χ2n) is 17.9. The van der Waals surface area contributed by atoms with E-state index in [9.17, 15) is 34.5 Å². The largest absolute Gasteiger partial charge is 0.504 e. The van der Waals surface area contributed by atoms with Gasteiger partial charge in [0, 0.05) is 37.1 Å². The molecule has 1 unspecified atom stereocenters. The van der Waals surface area contributed by atoms with E-state index in [0.29, 0.717) is 36.6 Å². The molecule has 4 aromatic carbocycles. The first-order chi connectivity index (χ1) is 31.5. The van der Waals surface area contributed by atoms with E-state index in [0.717, 1.165) is 27.8 Å². The molecule has 5 aromatic rings. The zero-order valence-corrected chi connectivity index (χ0v) is 38.2. The molecule has 1 aromatic heterocycles. The summed E-state index contributed by atoms with van der Waals surface area (Å²) in [6.45, 7) is 7.45. The molecule has 15 nitrogen and oxygen atoms in total. The number of esters is 1. The molecule has 0 radical (unpaired) electrons. The lowest BCUT2D eigenvalue weighted by atomic mass is 9.77. The molecular weight excluding hydrogens is 881 g/mol. The Bertz CT molecular complexity index is 2690. The Balaban J connectivity index is 1.04. The maximum atomic E-state index is 14.7. The first-order valence-corrected chi connectivity index (χ1v) is 23.4. The van der Waals surface area contributed by atoms with Gasteiger partial charge in [-0.1, -0.05) is 96.2 Å². The van der Waals surface area contributed by atoms with Gasteiger partial charge in [-0.05, 0) is 74.1 Å². The van der Waals surface area contributed by atoms with Crippen molar-refractivity contribution in [2.45, 2.75) is 81.2 Å². The number of aromatic nitrogens is 1. The standard InChI is InChI=1S/C49H48N6O9S2/c1-46(2,3)63-44(62)48(21-22-48)64-53-38(34-27-66-45(50-34)52-49(31-14-8-5-9-15-31,32-16-10-6-11-17-32)33-18-12-7-13-19-33)40(58)51-47(4)42(61)55-39(41(59)60)35(28-65-43(47)55)54-23-20-29-24-36(56)37(57)25-30(29)26-54/h5-19,24-25,27,43,56-57H,20-23,26,28H2,1-4H3,(H,50,52)(H,51,58)(H,59,60)/t43-,47?/m0/s1. The number of oxime groups is 1. The summed E-state index contributed by atoms with van der Waals surface area (Å²) in [5.74, 6) is -3.70.